The summed E-state index contributed by atoms with van der Waals surface area (Å²) in [5.74, 6) is -1.67. The van der Waals surface area contributed by atoms with Crippen molar-refractivity contribution in [2.45, 2.75) is 29.5 Å². The highest BCUT2D eigenvalue weighted by Crippen LogP contribution is 2.31. The Hall–Kier alpha value is -1.60. The van der Waals surface area contributed by atoms with E-state index in [0.717, 1.165) is 4.90 Å². The summed E-state index contributed by atoms with van der Waals surface area (Å²) in [6.45, 7) is 1.08. The van der Waals surface area contributed by atoms with Gasteiger partial charge in [-0.3, -0.25) is 4.79 Å². The molecule has 0 saturated carbocycles. The normalized spacial score (nSPS) is 22.3. The first-order valence-corrected chi connectivity index (χ1v) is 8.16. The largest absolute Gasteiger partial charge is 0.480 e. The lowest BCUT2D eigenvalue weighted by Gasteiger charge is -2.19. The van der Waals surface area contributed by atoms with Gasteiger partial charge in [-0.25, -0.2) is 13.2 Å². The van der Waals surface area contributed by atoms with Crippen molar-refractivity contribution in [2.75, 3.05) is 6.54 Å². The van der Waals surface area contributed by atoms with Gasteiger partial charge in [-0.15, -0.1) is 0 Å². The maximum atomic E-state index is 12.6. The summed E-state index contributed by atoms with van der Waals surface area (Å²) in [5.41, 5.74) is 0. The molecule has 0 unspecified atom stereocenters. The van der Waals surface area contributed by atoms with Crippen LogP contribution in [0, 0.1) is 0 Å². The number of nitrogens with zero attached hydrogens (tertiary/aromatic N) is 1. The molecule has 1 saturated heterocycles. The highest BCUT2D eigenvalue weighted by molar-refractivity contribution is 7.92. The Labute approximate surface area is 127 Å². The maximum Gasteiger partial charge on any atom is 0.326 e. The van der Waals surface area contributed by atoms with Crippen LogP contribution in [-0.4, -0.2) is 48.1 Å². The van der Waals surface area contributed by atoms with E-state index in [0.29, 0.717) is 0 Å². The summed E-state index contributed by atoms with van der Waals surface area (Å²) in [4.78, 5) is 23.7. The summed E-state index contributed by atoms with van der Waals surface area (Å²) >= 11 is 5.91. The van der Waals surface area contributed by atoms with E-state index in [1.807, 2.05) is 0 Å². The van der Waals surface area contributed by atoms with E-state index in [-0.39, 0.29) is 22.9 Å². The van der Waals surface area contributed by atoms with Gasteiger partial charge in [0.15, 0.2) is 9.84 Å². The number of sulfone groups is 1. The number of hydrogen-bond donors (Lipinski definition) is 1. The van der Waals surface area contributed by atoms with Crippen LogP contribution in [0.4, 0.5) is 0 Å². The molecule has 1 aliphatic heterocycles. The van der Waals surface area contributed by atoms with Gasteiger partial charge in [0, 0.05) is 13.5 Å². The maximum absolute atomic E-state index is 12.6. The van der Waals surface area contributed by atoms with Crippen LogP contribution in [0.15, 0.2) is 29.2 Å². The van der Waals surface area contributed by atoms with E-state index in [1.165, 1.54) is 19.1 Å². The fourth-order valence-corrected chi connectivity index (χ4v) is 4.68. The smallest absolute Gasteiger partial charge is 0.326 e. The van der Waals surface area contributed by atoms with Crippen molar-refractivity contribution in [3.8, 4) is 0 Å². The fourth-order valence-electron chi connectivity index (χ4n) is 2.46. The first-order chi connectivity index (χ1) is 9.75. The van der Waals surface area contributed by atoms with E-state index in [1.54, 1.807) is 12.1 Å². The summed E-state index contributed by atoms with van der Waals surface area (Å²) in [6, 6.07) is 4.87. The molecule has 1 aromatic rings. The summed E-state index contributed by atoms with van der Waals surface area (Å²) in [6.07, 6.45) is -0.136. The highest BCUT2D eigenvalue weighted by Gasteiger charge is 2.44. The second-order valence-corrected chi connectivity index (χ2v) is 7.46. The van der Waals surface area contributed by atoms with Crippen LogP contribution in [0.3, 0.4) is 0 Å². The molecule has 1 amide bonds. The van der Waals surface area contributed by atoms with Gasteiger partial charge >= 0.3 is 5.97 Å². The minimum Gasteiger partial charge on any atom is -0.480 e. The van der Waals surface area contributed by atoms with Crippen LogP contribution in [0.2, 0.25) is 5.02 Å². The predicted molar refractivity (Wildman–Crippen MR) is 75.9 cm³/mol. The molecule has 1 aliphatic rings. The van der Waals surface area contributed by atoms with Crippen LogP contribution in [0.1, 0.15) is 13.3 Å². The first kappa shape index (κ1) is 15.8. The number of hydrogen-bond acceptors (Lipinski definition) is 4. The lowest BCUT2D eigenvalue weighted by Crippen LogP contribution is -2.39. The Balaban J connectivity index is 2.37. The number of likely N-dealkylation sites (tertiary alicyclic amines) is 1. The third kappa shape index (κ3) is 2.89. The van der Waals surface area contributed by atoms with Gasteiger partial charge in [0.05, 0.1) is 15.2 Å². The molecule has 114 valence electrons. The van der Waals surface area contributed by atoms with Crippen molar-refractivity contribution < 1.29 is 23.1 Å². The van der Waals surface area contributed by atoms with E-state index >= 15 is 0 Å². The van der Waals surface area contributed by atoms with Crippen LogP contribution in [0.25, 0.3) is 0 Å². The lowest BCUT2D eigenvalue weighted by molar-refractivity contribution is -0.147. The number of carboxylic acid groups (broad SMARTS) is 1. The third-order valence-electron chi connectivity index (χ3n) is 3.53. The first-order valence-electron chi connectivity index (χ1n) is 6.23. The quantitative estimate of drug-likeness (QED) is 0.898. The fraction of sp³-hybridized carbons (Fsp3) is 0.385. The predicted octanol–water partition coefficient (Wildman–Crippen LogP) is 1.19. The molecule has 0 radical (unpaired) electrons. The van der Waals surface area contributed by atoms with Crippen molar-refractivity contribution in [1.29, 1.82) is 0 Å². The summed E-state index contributed by atoms with van der Waals surface area (Å²) < 4.78 is 25.2. The zero-order chi connectivity index (χ0) is 15.8. The van der Waals surface area contributed by atoms with Crippen LogP contribution in [-0.2, 0) is 19.4 Å². The topological polar surface area (TPSA) is 91.8 Å². The minimum absolute atomic E-state index is 0.0359. The molecule has 0 aliphatic carbocycles. The van der Waals surface area contributed by atoms with E-state index < -0.39 is 33.0 Å². The molecule has 8 heteroatoms. The summed E-state index contributed by atoms with van der Waals surface area (Å²) in [7, 11) is -3.79. The Morgan fingerprint density at radius 2 is 1.95 bits per heavy atom. The number of halogens is 1. The van der Waals surface area contributed by atoms with Crippen LogP contribution < -0.4 is 0 Å². The molecule has 1 aromatic carbocycles. The van der Waals surface area contributed by atoms with Gasteiger partial charge in [-0.1, -0.05) is 23.7 Å². The van der Waals surface area contributed by atoms with Crippen molar-refractivity contribution >= 4 is 33.3 Å². The van der Waals surface area contributed by atoms with E-state index in [4.69, 9.17) is 16.7 Å². The van der Waals surface area contributed by atoms with Crippen molar-refractivity contribution in [3.63, 3.8) is 0 Å². The average molecular weight is 332 g/mol. The molecule has 6 nitrogen and oxygen atoms in total. The number of aliphatic carboxylic acids is 1. The van der Waals surface area contributed by atoms with Crippen molar-refractivity contribution in [3.05, 3.63) is 29.3 Å². The minimum atomic E-state index is -3.79. The zero-order valence-electron chi connectivity index (χ0n) is 11.2. The molecule has 0 spiro atoms. The van der Waals surface area contributed by atoms with Gasteiger partial charge in [0.1, 0.15) is 6.04 Å². The molecule has 0 aromatic heterocycles. The number of amides is 1. The second-order valence-electron chi connectivity index (χ2n) is 4.86. The molecular weight excluding hydrogens is 318 g/mol. The monoisotopic (exact) mass is 331 g/mol. The molecule has 0 bridgehead atoms. The SMILES string of the molecule is CC(=O)N1C[C@H](S(=O)(=O)c2ccccc2Cl)C[C@H]1C(=O)O. The van der Waals surface area contributed by atoms with Gasteiger partial charge in [-0.05, 0) is 18.6 Å². The van der Waals surface area contributed by atoms with E-state index in [2.05, 4.69) is 0 Å². The Morgan fingerprint density at radius 3 is 2.43 bits per heavy atom. The van der Waals surface area contributed by atoms with Gasteiger partial charge in [0.2, 0.25) is 5.91 Å². The average Bonchev–Trinajstić information content (AvgIpc) is 2.85. The highest BCUT2D eigenvalue weighted by atomic mass is 35.5. The standard InChI is InChI=1S/C13H14ClNO5S/c1-8(16)15-7-9(6-11(15)13(17)18)21(19,20)12-5-3-2-4-10(12)14/h2-5,9,11H,6-7H2,1H3,(H,17,18)/t9-,11+/m1/s1. The Kier molecular flexibility index (Phi) is 4.25. The van der Waals surface area contributed by atoms with Crippen LogP contribution >= 0.6 is 11.6 Å². The Morgan fingerprint density at radius 1 is 1.33 bits per heavy atom. The molecule has 21 heavy (non-hydrogen) atoms. The molecule has 2 rings (SSSR count). The van der Waals surface area contributed by atoms with Crippen molar-refractivity contribution in [1.82, 2.24) is 4.90 Å². The van der Waals surface area contributed by atoms with Crippen LogP contribution in [0.5, 0.6) is 0 Å². The number of benzene rings is 1. The van der Waals surface area contributed by atoms with Gasteiger partial charge in [0.25, 0.3) is 0 Å². The third-order valence-corrected chi connectivity index (χ3v) is 6.16. The number of carbonyl (C=O) groups is 2. The number of carboxylic acids is 1. The zero-order valence-corrected chi connectivity index (χ0v) is 12.8. The molecule has 1 N–H and O–H groups in total. The Bertz CT molecular complexity index is 666. The molecule has 2 atom stereocenters. The lowest BCUT2D eigenvalue weighted by atomic mass is 10.2. The van der Waals surface area contributed by atoms with Crippen molar-refractivity contribution in [2.24, 2.45) is 0 Å². The molecular formula is C13H14ClNO5S. The van der Waals surface area contributed by atoms with Gasteiger partial charge < -0.3 is 10.0 Å². The second kappa shape index (κ2) is 5.65. The van der Waals surface area contributed by atoms with E-state index in [9.17, 15) is 18.0 Å². The number of rotatable bonds is 3. The molecule has 1 fully saturated rings. The molecule has 1 heterocycles. The number of carbonyl (C=O) groups excluding carboxylic acids is 1. The van der Waals surface area contributed by atoms with Gasteiger partial charge in [-0.2, -0.15) is 0 Å². The summed E-state index contributed by atoms with van der Waals surface area (Å²) in [5, 5.41) is 8.25.